The van der Waals surface area contributed by atoms with Crippen molar-refractivity contribution >= 4 is 40.2 Å². The zero-order valence-corrected chi connectivity index (χ0v) is 29.0. The van der Waals surface area contributed by atoms with Crippen LogP contribution in [0.1, 0.15) is 54.4 Å². The number of hydrogen-bond acceptors (Lipinski definition) is 6. The normalized spacial score (nSPS) is 37.0. The van der Waals surface area contributed by atoms with Crippen molar-refractivity contribution in [1.82, 2.24) is 10.2 Å². The Morgan fingerprint density at radius 1 is 0.805 bits per heavy atom. The Balaban J connectivity index is 0.000000189. The highest BCUT2D eigenvalue weighted by Gasteiger charge is 2.74. The van der Waals surface area contributed by atoms with Gasteiger partial charge >= 0.3 is 18.2 Å². The van der Waals surface area contributed by atoms with E-state index in [1.807, 2.05) is 41.5 Å². The highest BCUT2D eigenvalue weighted by Crippen LogP contribution is 2.72. The lowest BCUT2D eigenvalue weighted by atomic mass is 10.0. The molecule has 41 heavy (non-hydrogen) atoms. The molecule has 3 amide bonds. The standard InChI is InChI=1S/C15H27NO4Si.C15H25NO3Si/c1-15(2,3)20-14(19)16-9-7-8(13(17)18)10-11(9)12(10)21(4,5)6;1-15(2,3)19-14(18)16-9-7-8(13(16)17)10-11(9)12(10)20(4,5)6/h8-12H,7H2,1-6H3,(H,16,19)(H,17,18);8-12H,7H2,1-6H3/t2*8-,9+,10+,11-,12?/m00/s1. The molecule has 232 valence electrons. The number of aliphatic carboxylic acids is 1. The van der Waals surface area contributed by atoms with Gasteiger partial charge in [0.05, 0.1) is 5.92 Å². The van der Waals surface area contributed by atoms with Crippen LogP contribution in [0.5, 0.6) is 0 Å². The van der Waals surface area contributed by atoms with Crippen molar-refractivity contribution in [2.45, 2.75) is 128 Å². The summed E-state index contributed by atoms with van der Waals surface area (Å²) in [4.78, 5) is 49.5. The lowest BCUT2D eigenvalue weighted by Crippen LogP contribution is -2.45. The molecular weight excluding hydrogens is 557 g/mol. The summed E-state index contributed by atoms with van der Waals surface area (Å²) in [6.45, 7) is 25.0. The van der Waals surface area contributed by atoms with Gasteiger partial charge in [0, 0.05) is 34.1 Å². The molecule has 11 heteroatoms. The number of fused-ring (bicyclic) bond motifs is 6. The molecule has 0 radical (unpaired) electrons. The van der Waals surface area contributed by atoms with Gasteiger partial charge in [-0.1, -0.05) is 39.3 Å². The molecule has 4 saturated carbocycles. The Morgan fingerprint density at radius 2 is 1.32 bits per heavy atom. The molecule has 0 spiro atoms. The van der Waals surface area contributed by atoms with Gasteiger partial charge in [0.1, 0.15) is 11.2 Å². The van der Waals surface area contributed by atoms with Crippen molar-refractivity contribution in [3.63, 3.8) is 0 Å². The van der Waals surface area contributed by atoms with E-state index in [4.69, 9.17) is 9.47 Å². The molecule has 10 atom stereocenters. The second-order valence-corrected chi connectivity index (χ2v) is 27.9. The summed E-state index contributed by atoms with van der Waals surface area (Å²) in [6, 6.07) is 0.0618. The molecule has 0 aromatic heterocycles. The molecule has 5 rings (SSSR count). The molecule has 9 nitrogen and oxygen atoms in total. The Kier molecular flexibility index (Phi) is 7.89. The monoisotopic (exact) mass is 608 g/mol. The number of hydrogen-bond donors (Lipinski definition) is 2. The summed E-state index contributed by atoms with van der Waals surface area (Å²) in [6.07, 6.45) is 0.535. The average Bonchev–Trinajstić information content (AvgIpc) is 3.56. The fourth-order valence-corrected chi connectivity index (χ4v) is 14.7. The van der Waals surface area contributed by atoms with Gasteiger partial charge in [-0.3, -0.25) is 9.59 Å². The number of imide groups is 1. The first-order valence-corrected chi connectivity index (χ1v) is 22.4. The van der Waals surface area contributed by atoms with Gasteiger partial charge in [-0.2, -0.15) is 0 Å². The second-order valence-electron chi connectivity index (χ2n) is 17.1. The first kappa shape index (κ1) is 32.0. The summed E-state index contributed by atoms with van der Waals surface area (Å²) in [5.74, 6) is 0.778. The van der Waals surface area contributed by atoms with Crippen LogP contribution in [-0.2, 0) is 19.1 Å². The number of likely N-dealkylation sites (tertiary alicyclic amines) is 1. The SMILES string of the molecule is CC(C)(C)OC(=O)N1C(=O)[C@H]2C[C@@H]1[C@@H]1C([Si](C)(C)C)[C@@H]12.CC(C)(C)OC(=O)N[C@@H]1C[C@H](C(=O)O)[C@H]2C([Si](C)(C)C)[C@H]21. The number of nitrogens with zero attached hydrogens (tertiary/aromatic N) is 1. The van der Waals surface area contributed by atoms with Gasteiger partial charge in [0.15, 0.2) is 0 Å². The Bertz CT molecular complexity index is 1100. The third-order valence-electron chi connectivity index (χ3n) is 9.60. The zero-order valence-electron chi connectivity index (χ0n) is 27.0. The number of piperidine rings is 1. The van der Waals surface area contributed by atoms with E-state index in [-0.39, 0.29) is 35.7 Å². The fraction of sp³-hybridized carbons (Fsp3) is 0.867. The third kappa shape index (κ3) is 6.40. The van der Waals surface area contributed by atoms with Crippen LogP contribution in [0.4, 0.5) is 9.59 Å². The van der Waals surface area contributed by atoms with Crippen LogP contribution in [0.3, 0.4) is 0 Å². The van der Waals surface area contributed by atoms with Crippen LogP contribution in [0, 0.1) is 35.5 Å². The maximum atomic E-state index is 12.4. The molecule has 4 aliphatic carbocycles. The number of carbonyl (C=O) groups excluding carboxylic acids is 3. The third-order valence-corrected chi connectivity index (χ3v) is 15.1. The molecule has 2 unspecified atom stereocenters. The van der Waals surface area contributed by atoms with E-state index < -0.39 is 45.5 Å². The van der Waals surface area contributed by atoms with Crippen LogP contribution in [0.25, 0.3) is 0 Å². The number of carbonyl (C=O) groups is 4. The van der Waals surface area contributed by atoms with Crippen LogP contribution in [0.2, 0.25) is 50.4 Å². The van der Waals surface area contributed by atoms with E-state index in [9.17, 15) is 24.3 Å². The highest BCUT2D eigenvalue weighted by atomic mass is 28.3. The van der Waals surface area contributed by atoms with Crippen molar-refractivity contribution in [1.29, 1.82) is 0 Å². The van der Waals surface area contributed by atoms with Gasteiger partial charge < -0.3 is 19.9 Å². The largest absolute Gasteiger partial charge is 0.481 e. The Labute approximate surface area is 247 Å². The van der Waals surface area contributed by atoms with Crippen LogP contribution in [-0.4, -0.2) is 73.5 Å². The topological polar surface area (TPSA) is 122 Å². The lowest BCUT2D eigenvalue weighted by molar-refractivity contribution is -0.142. The van der Waals surface area contributed by atoms with Crippen LogP contribution >= 0.6 is 0 Å². The number of carboxylic acid groups (broad SMARTS) is 1. The van der Waals surface area contributed by atoms with Gasteiger partial charge in [0.25, 0.3) is 0 Å². The zero-order chi connectivity index (χ0) is 31.2. The fourth-order valence-electron chi connectivity index (χ4n) is 8.54. The highest BCUT2D eigenvalue weighted by molar-refractivity contribution is 6.79. The maximum Gasteiger partial charge on any atom is 0.417 e. The van der Waals surface area contributed by atoms with Crippen molar-refractivity contribution in [2.75, 3.05) is 0 Å². The van der Waals surface area contributed by atoms with Crippen molar-refractivity contribution in [2.24, 2.45) is 35.5 Å². The van der Waals surface area contributed by atoms with E-state index in [1.165, 1.54) is 4.90 Å². The van der Waals surface area contributed by atoms with Gasteiger partial charge in [-0.15, -0.1) is 0 Å². The quantitative estimate of drug-likeness (QED) is 0.373. The summed E-state index contributed by atoms with van der Waals surface area (Å²) in [7, 11) is -2.64. The van der Waals surface area contributed by atoms with Crippen molar-refractivity contribution in [3.05, 3.63) is 0 Å². The number of nitrogens with one attached hydrogen (secondary N) is 1. The summed E-state index contributed by atoms with van der Waals surface area (Å²) in [5.41, 5.74) is 0.131. The predicted molar refractivity (Wildman–Crippen MR) is 162 cm³/mol. The average molecular weight is 609 g/mol. The Morgan fingerprint density at radius 3 is 1.78 bits per heavy atom. The molecule has 2 bridgehead atoms. The van der Waals surface area contributed by atoms with Crippen LogP contribution < -0.4 is 5.32 Å². The predicted octanol–water partition coefficient (Wildman–Crippen LogP) is 6.05. The van der Waals surface area contributed by atoms with E-state index in [1.54, 1.807) is 0 Å². The molecular formula is C30H52N2O7Si2. The molecule has 5 fully saturated rings. The van der Waals surface area contributed by atoms with E-state index >= 15 is 0 Å². The summed E-state index contributed by atoms with van der Waals surface area (Å²) < 4.78 is 10.7. The van der Waals surface area contributed by atoms with Gasteiger partial charge in [-0.05, 0) is 89.1 Å². The van der Waals surface area contributed by atoms with Gasteiger partial charge in [0.2, 0.25) is 5.91 Å². The summed E-state index contributed by atoms with van der Waals surface area (Å²) in [5, 5.41) is 12.3. The number of rotatable bonds is 4. The molecule has 0 aromatic carbocycles. The number of alkyl carbamates (subject to hydrolysis) is 1. The van der Waals surface area contributed by atoms with E-state index in [0.717, 1.165) is 6.42 Å². The Hall–Kier alpha value is -1.89. The minimum atomic E-state index is -1.40. The maximum absolute atomic E-state index is 12.4. The minimum Gasteiger partial charge on any atom is -0.481 e. The number of ether oxygens (including phenoxy) is 2. The second kappa shape index (κ2) is 10.1. The molecule has 2 N–H and O–H groups in total. The smallest absolute Gasteiger partial charge is 0.417 e. The van der Waals surface area contributed by atoms with Crippen molar-refractivity contribution in [3.8, 4) is 0 Å². The molecule has 0 aromatic rings. The van der Waals surface area contributed by atoms with E-state index in [0.29, 0.717) is 35.3 Å². The first-order chi connectivity index (χ1) is 18.4. The molecule has 1 heterocycles. The lowest BCUT2D eigenvalue weighted by Gasteiger charge is -2.29. The first-order valence-electron chi connectivity index (χ1n) is 15.2. The van der Waals surface area contributed by atoms with E-state index in [2.05, 4.69) is 44.6 Å². The molecule has 5 aliphatic rings. The van der Waals surface area contributed by atoms with Crippen molar-refractivity contribution < 1.29 is 33.8 Å². The molecule has 1 saturated heterocycles. The number of amides is 3. The van der Waals surface area contributed by atoms with Gasteiger partial charge in [-0.25, -0.2) is 14.5 Å². The molecule has 1 aliphatic heterocycles. The van der Waals surface area contributed by atoms with Crippen LogP contribution in [0.15, 0.2) is 0 Å². The summed E-state index contributed by atoms with van der Waals surface area (Å²) >= 11 is 0. The number of carboxylic acids is 1. The minimum absolute atomic E-state index is 0.0197.